The van der Waals surface area contributed by atoms with Crippen LogP contribution in [-0.4, -0.2) is 27.5 Å². The Morgan fingerprint density at radius 2 is 2.05 bits per heavy atom. The van der Waals surface area contributed by atoms with E-state index < -0.39 is 6.10 Å². The van der Waals surface area contributed by atoms with E-state index in [1.54, 1.807) is 23.2 Å². The lowest BCUT2D eigenvalue weighted by molar-refractivity contribution is 0.0919. The Labute approximate surface area is 111 Å². The summed E-state index contributed by atoms with van der Waals surface area (Å²) in [6.07, 6.45) is 0.356. The Bertz CT molecular complexity index is 665. The van der Waals surface area contributed by atoms with Gasteiger partial charge in [0.25, 0.3) is 0 Å². The second-order valence-electron chi connectivity index (χ2n) is 5.22. The van der Waals surface area contributed by atoms with Crippen molar-refractivity contribution in [1.29, 1.82) is 0 Å². The first kappa shape index (κ1) is 12.4. The normalized spacial score (nSPS) is 21.1. The highest BCUT2D eigenvalue weighted by Gasteiger charge is 2.25. The Kier molecular flexibility index (Phi) is 2.95. The molecule has 0 saturated carbocycles. The molecule has 0 radical (unpaired) electrons. The molecule has 1 aromatic heterocycles. The number of aromatic nitrogens is 2. The second-order valence-corrected chi connectivity index (χ2v) is 5.22. The van der Waals surface area contributed by atoms with Gasteiger partial charge in [-0.15, -0.1) is 0 Å². The van der Waals surface area contributed by atoms with Crippen LogP contribution in [0.1, 0.15) is 18.1 Å². The molecule has 1 fully saturated rings. The van der Waals surface area contributed by atoms with Gasteiger partial charge < -0.3 is 9.84 Å². The van der Waals surface area contributed by atoms with Crippen LogP contribution in [0.2, 0.25) is 0 Å². The first-order chi connectivity index (χ1) is 9.09. The molecule has 5 nitrogen and oxygen atoms in total. The van der Waals surface area contributed by atoms with Crippen LogP contribution >= 0.6 is 0 Å². The van der Waals surface area contributed by atoms with E-state index in [1.165, 1.54) is 0 Å². The van der Waals surface area contributed by atoms with E-state index in [0.717, 1.165) is 23.0 Å². The standard InChI is InChI=1S/C14H18N2O3/c1-15-11-4-3-9(7-12(11)16(2)14(15)18)13(17)10-5-6-19-8-10/h3-4,7,10,13,17H,5-6,8H2,1-2H3. The van der Waals surface area contributed by atoms with Gasteiger partial charge in [-0.1, -0.05) is 6.07 Å². The van der Waals surface area contributed by atoms with Crippen molar-refractivity contribution in [2.24, 2.45) is 20.0 Å². The summed E-state index contributed by atoms with van der Waals surface area (Å²) in [4.78, 5) is 11.9. The Morgan fingerprint density at radius 3 is 2.74 bits per heavy atom. The monoisotopic (exact) mass is 262 g/mol. The molecule has 1 saturated heterocycles. The van der Waals surface area contributed by atoms with E-state index in [4.69, 9.17) is 4.74 Å². The molecular formula is C14H18N2O3. The van der Waals surface area contributed by atoms with Crippen LogP contribution in [0.4, 0.5) is 0 Å². The van der Waals surface area contributed by atoms with E-state index in [1.807, 2.05) is 18.2 Å². The molecule has 0 aliphatic carbocycles. The Morgan fingerprint density at radius 1 is 1.32 bits per heavy atom. The molecule has 2 heterocycles. The minimum atomic E-state index is -0.526. The molecule has 1 N–H and O–H groups in total. The highest BCUT2D eigenvalue weighted by Crippen LogP contribution is 2.30. The summed E-state index contributed by atoms with van der Waals surface area (Å²) < 4.78 is 8.54. The first-order valence-electron chi connectivity index (χ1n) is 6.51. The van der Waals surface area contributed by atoms with Gasteiger partial charge >= 0.3 is 5.69 Å². The third-order valence-corrected chi connectivity index (χ3v) is 4.05. The van der Waals surface area contributed by atoms with Crippen LogP contribution in [0.25, 0.3) is 11.0 Å². The first-order valence-corrected chi connectivity index (χ1v) is 6.51. The molecule has 1 aromatic carbocycles. The molecular weight excluding hydrogens is 244 g/mol. The molecule has 0 spiro atoms. The molecule has 102 valence electrons. The SMILES string of the molecule is Cn1c(=O)n(C)c2cc(C(O)C3CCOC3)ccc21. The summed E-state index contributed by atoms with van der Waals surface area (Å²) in [6, 6.07) is 5.69. The number of hydrogen-bond donors (Lipinski definition) is 1. The largest absolute Gasteiger partial charge is 0.388 e. The van der Waals surface area contributed by atoms with Gasteiger partial charge in [-0.25, -0.2) is 4.79 Å². The fraction of sp³-hybridized carbons (Fsp3) is 0.500. The summed E-state index contributed by atoms with van der Waals surface area (Å²) in [5.74, 6) is 0.151. The smallest absolute Gasteiger partial charge is 0.328 e. The molecule has 0 bridgehead atoms. The lowest BCUT2D eigenvalue weighted by atomic mass is 9.95. The predicted octanol–water partition coefficient (Wildman–Crippen LogP) is 0.947. The highest BCUT2D eigenvalue weighted by molar-refractivity contribution is 5.76. The third-order valence-electron chi connectivity index (χ3n) is 4.05. The van der Waals surface area contributed by atoms with Crippen LogP contribution in [-0.2, 0) is 18.8 Å². The molecule has 0 amide bonds. The van der Waals surface area contributed by atoms with E-state index >= 15 is 0 Å². The second kappa shape index (κ2) is 4.51. The van der Waals surface area contributed by atoms with Gasteiger partial charge in [0.2, 0.25) is 0 Å². The molecule has 2 aromatic rings. The lowest BCUT2D eigenvalue weighted by Crippen LogP contribution is -2.19. The highest BCUT2D eigenvalue weighted by atomic mass is 16.5. The molecule has 2 atom stereocenters. The van der Waals surface area contributed by atoms with Crippen molar-refractivity contribution >= 4 is 11.0 Å². The van der Waals surface area contributed by atoms with Crippen LogP contribution in [0, 0.1) is 5.92 Å². The Balaban J connectivity index is 2.06. The van der Waals surface area contributed by atoms with Crippen molar-refractivity contribution in [2.45, 2.75) is 12.5 Å². The molecule has 5 heteroatoms. The quantitative estimate of drug-likeness (QED) is 0.876. The average molecular weight is 262 g/mol. The maximum absolute atomic E-state index is 11.9. The van der Waals surface area contributed by atoms with Gasteiger partial charge in [-0.3, -0.25) is 9.13 Å². The third kappa shape index (κ3) is 1.89. The lowest BCUT2D eigenvalue weighted by Gasteiger charge is -2.16. The van der Waals surface area contributed by atoms with Gasteiger partial charge in [0, 0.05) is 26.6 Å². The fourth-order valence-electron chi connectivity index (χ4n) is 2.78. The average Bonchev–Trinajstić information content (AvgIpc) is 3.03. The zero-order valence-electron chi connectivity index (χ0n) is 11.2. The number of ether oxygens (including phenoxy) is 1. The molecule has 19 heavy (non-hydrogen) atoms. The molecule has 1 aliphatic heterocycles. The zero-order chi connectivity index (χ0) is 13.6. The number of nitrogens with zero attached hydrogens (tertiary/aromatic N) is 2. The maximum Gasteiger partial charge on any atom is 0.328 e. The number of aliphatic hydroxyl groups excluding tert-OH is 1. The van der Waals surface area contributed by atoms with Gasteiger partial charge in [-0.2, -0.15) is 0 Å². The number of aryl methyl sites for hydroxylation is 2. The Hall–Kier alpha value is -1.59. The maximum atomic E-state index is 11.9. The number of benzene rings is 1. The van der Waals surface area contributed by atoms with Crippen molar-refractivity contribution in [3.8, 4) is 0 Å². The van der Waals surface area contributed by atoms with Crippen molar-refractivity contribution in [1.82, 2.24) is 9.13 Å². The van der Waals surface area contributed by atoms with Crippen LogP contribution in [0.3, 0.4) is 0 Å². The number of fused-ring (bicyclic) bond motifs is 1. The molecule has 2 unspecified atom stereocenters. The summed E-state index contributed by atoms with van der Waals surface area (Å²) in [7, 11) is 3.51. The number of imidazole rings is 1. The fourth-order valence-corrected chi connectivity index (χ4v) is 2.78. The van der Waals surface area contributed by atoms with E-state index in [9.17, 15) is 9.90 Å². The van der Waals surface area contributed by atoms with E-state index in [2.05, 4.69) is 0 Å². The summed E-state index contributed by atoms with van der Waals surface area (Å²) in [5.41, 5.74) is 2.53. The summed E-state index contributed by atoms with van der Waals surface area (Å²) in [5, 5.41) is 10.4. The zero-order valence-corrected chi connectivity index (χ0v) is 11.2. The molecule has 1 aliphatic rings. The van der Waals surface area contributed by atoms with Crippen molar-refractivity contribution in [3.63, 3.8) is 0 Å². The minimum Gasteiger partial charge on any atom is -0.388 e. The van der Waals surface area contributed by atoms with Crippen LogP contribution in [0.15, 0.2) is 23.0 Å². The predicted molar refractivity (Wildman–Crippen MR) is 72.0 cm³/mol. The van der Waals surface area contributed by atoms with Crippen molar-refractivity contribution in [3.05, 3.63) is 34.2 Å². The van der Waals surface area contributed by atoms with E-state index in [0.29, 0.717) is 13.2 Å². The van der Waals surface area contributed by atoms with Crippen molar-refractivity contribution in [2.75, 3.05) is 13.2 Å². The van der Waals surface area contributed by atoms with Crippen LogP contribution in [0.5, 0.6) is 0 Å². The number of aliphatic hydroxyl groups is 1. The van der Waals surface area contributed by atoms with Gasteiger partial charge in [-0.05, 0) is 24.1 Å². The number of rotatable bonds is 2. The van der Waals surface area contributed by atoms with E-state index in [-0.39, 0.29) is 11.6 Å². The van der Waals surface area contributed by atoms with Crippen LogP contribution < -0.4 is 5.69 Å². The summed E-state index contributed by atoms with van der Waals surface area (Å²) in [6.45, 7) is 1.32. The minimum absolute atomic E-state index is 0.0501. The van der Waals surface area contributed by atoms with Gasteiger partial charge in [0.1, 0.15) is 0 Å². The van der Waals surface area contributed by atoms with Gasteiger partial charge in [0.15, 0.2) is 0 Å². The topological polar surface area (TPSA) is 56.4 Å². The summed E-state index contributed by atoms with van der Waals surface area (Å²) >= 11 is 0. The van der Waals surface area contributed by atoms with Crippen molar-refractivity contribution < 1.29 is 9.84 Å². The van der Waals surface area contributed by atoms with Gasteiger partial charge in [0.05, 0.1) is 23.7 Å². The molecule has 3 rings (SSSR count). The number of hydrogen-bond acceptors (Lipinski definition) is 3.